The molecule has 1 heterocycles. The Kier molecular flexibility index (Phi) is 5.23. The highest BCUT2D eigenvalue weighted by Crippen LogP contribution is 2.23. The summed E-state index contributed by atoms with van der Waals surface area (Å²) in [6, 6.07) is 15.9. The lowest BCUT2D eigenvalue weighted by atomic mass is 10.1. The lowest BCUT2D eigenvalue weighted by molar-refractivity contribution is -0.385. The third kappa shape index (κ3) is 4.25. The van der Waals surface area contributed by atoms with Crippen LogP contribution in [0, 0.1) is 28.4 Å². The van der Waals surface area contributed by atoms with Crippen LogP contribution in [-0.2, 0) is 0 Å². The SMILES string of the molecule is Cc1ccc(/C=C(/C#N)c2nc(N)nc(Nc3ccccc3)n2)cc1[N+](=O)[O-]. The quantitative estimate of drug-likeness (QED) is 0.393. The van der Waals surface area contributed by atoms with Crippen molar-refractivity contribution in [2.24, 2.45) is 0 Å². The Morgan fingerprint density at radius 1 is 1.21 bits per heavy atom. The molecule has 2 aromatic carbocycles. The highest BCUT2D eigenvalue weighted by molar-refractivity contribution is 5.87. The number of nitrogens with one attached hydrogen (secondary N) is 1. The van der Waals surface area contributed by atoms with Crippen molar-refractivity contribution in [2.75, 3.05) is 11.1 Å². The summed E-state index contributed by atoms with van der Waals surface area (Å²) in [6.45, 7) is 1.64. The van der Waals surface area contributed by atoms with Crippen LogP contribution in [0.5, 0.6) is 0 Å². The molecule has 1 aromatic heterocycles. The van der Waals surface area contributed by atoms with E-state index in [0.29, 0.717) is 11.1 Å². The van der Waals surface area contributed by atoms with Crippen molar-refractivity contribution in [3.05, 3.63) is 75.6 Å². The van der Waals surface area contributed by atoms with E-state index in [4.69, 9.17) is 5.73 Å². The fourth-order valence-electron chi connectivity index (χ4n) is 2.45. The molecule has 0 fully saturated rings. The molecule has 0 saturated carbocycles. The van der Waals surface area contributed by atoms with Crippen LogP contribution in [0.2, 0.25) is 0 Å². The molecule has 0 aliphatic rings. The van der Waals surface area contributed by atoms with E-state index < -0.39 is 4.92 Å². The van der Waals surface area contributed by atoms with E-state index in [1.807, 2.05) is 36.4 Å². The molecule has 0 spiro atoms. The van der Waals surface area contributed by atoms with Crippen molar-refractivity contribution < 1.29 is 4.92 Å². The first-order valence-electron chi connectivity index (χ1n) is 8.17. The molecule has 0 bridgehead atoms. The number of benzene rings is 2. The average Bonchev–Trinajstić information content (AvgIpc) is 2.67. The van der Waals surface area contributed by atoms with Gasteiger partial charge in [-0.15, -0.1) is 0 Å². The summed E-state index contributed by atoms with van der Waals surface area (Å²) in [5, 5.41) is 23.6. The van der Waals surface area contributed by atoms with E-state index in [2.05, 4.69) is 20.3 Å². The zero-order valence-corrected chi connectivity index (χ0v) is 14.8. The fourth-order valence-corrected chi connectivity index (χ4v) is 2.45. The Labute approximate surface area is 160 Å². The van der Waals surface area contributed by atoms with Crippen molar-refractivity contribution >= 4 is 34.9 Å². The van der Waals surface area contributed by atoms with Crippen molar-refractivity contribution in [3.8, 4) is 6.07 Å². The number of hydrogen-bond acceptors (Lipinski definition) is 8. The molecule has 28 heavy (non-hydrogen) atoms. The van der Waals surface area contributed by atoms with Crippen LogP contribution in [0.25, 0.3) is 11.6 Å². The van der Waals surface area contributed by atoms with Crippen LogP contribution in [0.1, 0.15) is 17.0 Å². The zero-order valence-electron chi connectivity index (χ0n) is 14.8. The van der Waals surface area contributed by atoms with E-state index in [1.165, 1.54) is 12.1 Å². The van der Waals surface area contributed by atoms with Crippen molar-refractivity contribution in [3.63, 3.8) is 0 Å². The summed E-state index contributed by atoms with van der Waals surface area (Å²) < 4.78 is 0. The number of nitrogens with zero attached hydrogens (tertiary/aromatic N) is 5. The molecule has 0 amide bonds. The molecular weight excluding hydrogens is 358 g/mol. The number of nitriles is 1. The summed E-state index contributed by atoms with van der Waals surface area (Å²) in [5.74, 6) is 0.195. The normalized spacial score (nSPS) is 10.9. The molecule has 0 unspecified atom stereocenters. The van der Waals surface area contributed by atoms with Crippen LogP contribution >= 0.6 is 0 Å². The van der Waals surface area contributed by atoms with Gasteiger partial charge in [0.2, 0.25) is 11.9 Å². The minimum Gasteiger partial charge on any atom is -0.368 e. The molecule has 9 heteroatoms. The summed E-state index contributed by atoms with van der Waals surface area (Å²) >= 11 is 0. The van der Waals surface area contributed by atoms with Gasteiger partial charge >= 0.3 is 0 Å². The Hall–Kier alpha value is -4.32. The summed E-state index contributed by atoms with van der Waals surface area (Å²) in [7, 11) is 0. The van der Waals surface area contributed by atoms with E-state index in [1.54, 1.807) is 19.1 Å². The topological polar surface area (TPSA) is 144 Å². The molecule has 0 aliphatic heterocycles. The van der Waals surface area contributed by atoms with Gasteiger partial charge in [-0.1, -0.05) is 30.3 Å². The van der Waals surface area contributed by atoms with Gasteiger partial charge in [0.05, 0.1) is 10.5 Å². The molecule has 3 aromatic rings. The first-order chi connectivity index (χ1) is 13.5. The second-order valence-electron chi connectivity index (χ2n) is 5.80. The second kappa shape index (κ2) is 7.92. The van der Waals surface area contributed by atoms with Crippen LogP contribution in [-0.4, -0.2) is 19.9 Å². The average molecular weight is 373 g/mol. The van der Waals surface area contributed by atoms with Crippen molar-refractivity contribution in [1.29, 1.82) is 5.26 Å². The van der Waals surface area contributed by atoms with Gasteiger partial charge in [-0.05, 0) is 30.7 Å². The Morgan fingerprint density at radius 2 is 1.96 bits per heavy atom. The first-order valence-corrected chi connectivity index (χ1v) is 8.17. The molecule has 3 rings (SSSR count). The minimum absolute atomic E-state index is 0.0346. The maximum Gasteiger partial charge on any atom is 0.272 e. The lowest BCUT2D eigenvalue weighted by Gasteiger charge is -2.07. The summed E-state index contributed by atoms with van der Waals surface area (Å²) in [4.78, 5) is 22.9. The molecule has 0 aliphatic carbocycles. The van der Waals surface area contributed by atoms with Gasteiger partial charge in [0, 0.05) is 17.3 Å². The third-order valence-electron chi connectivity index (χ3n) is 3.78. The standard InChI is InChI=1S/C19H15N7O2/c1-12-7-8-13(10-16(12)26(27)28)9-14(11-20)17-23-18(21)25-19(24-17)22-15-5-3-2-4-6-15/h2-10H,1H3,(H3,21,22,23,24,25)/b14-9-. The van der Waals surface area contributed by atoms with Gasteiger partial charge in [-0.3, -0.25) is 10.1 Å². The number of nitrogens with two attached hydrogens (primary N) is 1. The number of anilines is 3. The third-order valence-corrected chi connectivity index (χ3v) is 3.78. The molecule has 0 radical (unpaired) electrons. The molecule has 3 N–H and O–H groups in total. The molecular formula is C19H15N7O2. The highest BCUT2D eigenvalue weighted by Gasteiger charge is 2.13. The van der Waals surface area contributed by atoms with E-state index >= 15 is 0 Å². The number of allylic oxidation sites excluding steroid dienone is 1. The number of nitro groups is 1. The number of hydrogen-bond donors (Lipinski definition) is 2. The highest BCUT2D eigenvalue weighted by atomic mass is 16.6. The maximum atomic E-state index is 11.1. The monoisotopic (exact) mass is 373 g/mol. The first kappa shape index (κ1) is 18.5. The molecule has 0 atom stereocenters. The molecule has 0 saturated heterocycles. The Bertz CT molecular complexity index is 1110. The van der Waals surface area contributed by atoms with Gasteiger partial charge in [0.15, 0.2) is 5.82 Å². The second-order valence-corrected chi connectivity index (χ2v) is 5.80. The predicted molar refractivity (Wildman–Crippen MR) is 105 cm³/mol. The van der Waals surface area contributed by atoms with Crippen molar-refractivity contribution in [1.82, 2.24) is 15.0 Å². The lowest BCUT2D eigenvalue weighted by Crippen LogP contribution is -2.06. The Balaban J connectivity index is 1.99. The van der Waals surface area contributed by atoms with Crippen LogP contribution in [0.3, 0.4) is 0 Å². The minimum atomic E-state index is -0.471. The number of para-hydroxylation sites is 1. The van der Waals surface area contributed by atoms with Gasteiger partial charge in [0.1, 0.15) is 6.07 Å². The largest absolute Gasteiger partial charge is 0.368 e. The maximum absolute atomic E-state index is 11.1. The summed E-state index contributed by atoms with van der Waals surface area (Å²) in [5.41, 5.74) is 7.57. The number of rotatable bonds is 5. The van der Waals surface area contributed by atoms with Gasteiger partial charge in [0.25, 0.3) is 5.69 Å². The van der Waals surface area contributed by atoms with E-state index in [0.717, 1.165) is 5.69 Å². The number of aromatic nitrogens is 3. The number of aryl methyl sites for hydroxylation is 1. The Morgan fingerprint density at radius 3 is 2.64 bits per heavy atom. The van der Waals surface area contributed by atoms with Gasteiger partial charge < -0.3 is 11.1 Å². The zero-order chi connectivity index (χ0) is 20.1. The van der Waals surface area contributed by atoms with Crippen LogP contribution in [0.15, 0.2) is 48.5 Å². The van der Waals surface area contributed by atoms with E-state index in [9.17, 15) is 15.4 Å². The van der Waals surface area contributed by atoms with Crippen LogP contribution in [0.4, 0.5) is 23.3 Å². The summed E-state index contributed by atoms with van der Waals surface area (Å²) in [6.07, 6.45) is 1.47. The van der Waals surface area contributed by atoms with Crippen molar-refractivity contribution in [2.45, 2.75) is 6.92 Å². The van der Waals surface area contributed by atoms with Gasteiger partial charge in [-0.2, -0.15) is 20.2 Å². The van der Waals surface area contributed by atoms with E-state index in [-0.39, 0.29) is 29.0 Å². The fraction of sp³-hybridized carbons (Fsp3) is 0.0526. The molecule has 9 nitrogen and oxygen atoms in total. The van der Waals surface area contributed by atoms with Crippen LogP contribution < -0.4 is 11.1 Å². The predicted octanol–water partition coefficient (Wildman–Crippen LogP) is 3.48. The molecule has 138 valence electrons. The number of nitrogen functional groups attached to an aromatic ring is 1. The smallest absolute Gasteiger partial charge is 0.272 e. The van der Waals surface area contributed by atoms with Gasteiger partial charge in [-0.25, -0.2) is 0 Å². The number of nitro benzene ring substituents is 1.